The summed E-state index contributed by atoms with van der Waals surface area (Å²) in [6, 6.07) is 5.68. The Labute approximate surface area is 109 Å². The number of benzene rings is 1. The van der Waals surface area contributed by atoms with Crippen LogP contribution in [-0.2, 0) is 0 Å². The van der Waals surface area contributed by atoms with Gasteiger partial charge in [0, 0.05) is 22.3 Å². The SMILES string of the molecule is Cc1cnc(N)c(C(O)c2cc(Cl)ccc2F)c1. The van der Waals surface area contributed by atoms with Crippen LogP contribution in [0.15, 0.2) is 30.5 Å². The van der Waals surface area contributed by atoms with E-state index in [9.17, 15) is 9.50 Å². The summed E-state index contributed by atoms with van der Waals surface area (Å²) in [5, 5.41) is 10.5. The first-order chi connectivity index (χ1) is 8.49. The van der Waals surface area contributed by atoms with E-state index in [1.165, 1.54) is 18.2 Å². The summed E-state index contributed by atoms with van der Waals surface area (Å²) in [4.78, 5) is 3.94. The number of hydrogen-bond acceptors (Lipinski definition) is 3. The molecule has 0 bridgehead atoms. The summed E-state index contributed by atoms with van der Waals surface area (Å²) < 4.78 is 13.7. The second kappa shape index (κ2) is 4.92. The Morgan fingerprint density at radius 3 is 2.78 bits per heavy atom. The molecule has 0 aliphatic rings. The standard InChI is InChI=1S/C13H12ClFN2O/c1-7-4-10(13(16)17-6-7)12(18)9-5-8(14)2-3-11(9)15/h2-6,12,18H,1H3,(H2,16,17). The molecule has 18 heavy (non-hydrogen) atoms. The monoisotopic (exact) mass is 266 g/mol. The quantitative estimate of drug-likeness (QED) is 0.879. The maximum atomic E-state index is 13.7. The van der Waals surface area contributed by atoms with Gasteiger partial charge in [0.15, 0.2) is 0 Å². The van der Waals surface area contributed by atoms with E-state index < -0.39 is 11.9 Å². The van der Waals surface area contributed by atoms with Crippen LogP contribution in [0.3, 0.4) is 0 Å². The fraction of sp³-hybridized carbons (Fsp3) is 0.154. The van der Waals surface area contributed by atoms with Crippen LogP contribution >= 0.6 is 11.6 Å². The molecule has 0 amide bonds. The molecule has 1 aromatic heterocycles. The van der Waals surface area contributed by atoms with Gasteiger partial charge in [-0.1, -0.05) is 11.6 Å². The highest BCUT2D eigenvalue weighted by atomic mass is 35.5. The molecule has 1 heterocycles. The molecule has 0 fully saturated rings. The molecule has 5 heteroatoms. The maximum Gasteiger partial charge on any atom is 0.129 e. The number of aliphatic hydroxyl groups is 1. The van der Waals surface area contributed by atoms with Gasteiger partial charge in [0.2, 0.25) is 0 Å². The summed E-state index contributed by atoms with van der Waals surface area (Å²) in [6.45, 7) is 1.82. The number of pyridine rings is 1. The Morgan fingerprint density at radius 2 is 2.06 bits per heavy atom. The Balaban J connectivity index is 2.50. The summed E-state index contributed by atoms with van der Waals surface area (Å²) in [5.74, 6) is -0.361. The Morgan fingerprint density at radius 1 is 1.33 bits per heavy atom. The van der Waals surface area contributed by atoms with Gasteiger partial charge >= 0.3 is 0 Å². The van der Waals surface area contributed by atoms with Crippen molar-refractivity contribution in [1.82, 2.24) is 4.98 Å². The smallest absolute Gasteiger partial charge is 0.129 e. The van der Waals surface area contributed by atoms with Gasteiger partial charge in [0.05, 0.1) is 0 Å². The highest BCUT2D eigenvalue weighted by molar-refractivity contribution is 6.30. The number of hydrogen-bond donors (Lipinski definition) is 2. The molecule has 0 aliphatic carbocycles. The number of nitrogens with zero attached hydrogens (tertiary/aromatic N) is 1. The third kappa shape index (κ3) is 2.44. The predicted octanol–water partition coefficient (Wildman–Crippen LogP) is 2.85. The van der Waals surface area contributed by atoms with Gasteiger partial charge in [-0.15, -0.1) is 0 Å². The molecule has 1 unspecified atom stereocenters. The normalized spacial score (nSPS) is 12.4. The lowest BCUT2D eigenvalue weighted by Gasteiger charge is -2.14. The summed E-state index contributed by atoms with van der Waals surface area (Å²) in [7, 11) is 0. The van der Waals surface area contributed by atoms with Crippen molar-refractivity contribution >= 4 is 17.4 Å². The molecule has 3 N–H and O–H groups in total. The van der Waals surface area contributed by atoms with Gasteiger partial charge < -0.3 is 10.8 Å². The lowest BCUT2D eigenvalue weighted by atomic mass is 10.0. The van der Waals surface area contributed by atoms with Crippen LogP contribution in [0, 0.1) is 12.7 Å². The topological polar surface area (TPSA) is 59.1 Å². The molecule has 0 radical (unpaired) electrons. The first-order valence-electron chi connectivity index (χ1n) is 5.34. The Kier molecular flexibility index (Phi) is 3.50. The average molecular weight is 267 g/mol. The van der Waals surface area contributed by atoms with E-state index >= 15 is 0 Å². The fourth-order valence-electron chi connectivity index (χ4n) is 1.71. The zero-order valence-corrected chi connectivity index (χ0v) is 10.4. The molecule has 0 saturated carbocycles. The van der Waals surface area contributed by atoms with Crippen LogP contribution in [0.1, 0.15) is 22.8 Å². The van der Waals surface area contributed by atoms with Crippen molar-refractivity contribution in [1.29, 1.82) is 0 Å². The molecule has 2 aromatic rings. The zero-order valence-electron chi connectivity index (χ0n) is 9.69. The molecule has 94 valence electrons. The molecule has 3 nitrogen and oxygen atoms in total. The number of anilines is 1. The summed E-state index contributed by atoms with van der Waals surface area (Å²) in [6.07, 6.45) is 0.399. The summed E-state index contributed by atoms with van der Waals surface area (Å²) >= 11 is 5.79. The predicted molar refractivity (Wildman–Crippen MR) is 68.9 cm³/mol. The first-order valence-corrected chi connectivity index (χ1v) is 5.72. The van der Waals surface area contributed by atoms with Crippen LogP contribution in [0.25, 0.3) is 0 Å². The third-order valence-electron chi connectivity index (χ3n) is 2.63. The van der Waals surface area contributed by atoms with Gasteiger partial charge in [-0.2, -0.15) is 0 Å². The highest BCUT2D eigenvalue weighted by Gasteiger charge is 2.18. The minimum Gasteiger partial charge on any atom is -0.383 e. The minimum absolute atomic E-state index is 0.0848. The molecule has 0 spiro atoms. The first kappa shape index (κ1) is 12.8. The molecule has 1 atom stereocenters. The zero-order chi connectivity index (χ0) is 13.3. The third-order valence-corrected chi connectivity index (χ3v) is 2.87. The lowest BCUT2D eigenvalue weighted by molar-refractivity contribution is 0.215. The Bertz CT molecular complexity index is 538. The highest BCUT2D eigenvalue weighted by Crippen LogP contribution is 2.29. The van der Waals surface area contributed by atoms with Crippen molar-refractivity contribution < 1.29 is 9.50 Å². The van der Waals surface area contributed by atoms with Crippen LogP contribution in [-0.4, -0.2) is 10.1 Å². The number of nitrogen functional groups attached to an aromatic ring is 1. The molecular formula is C13H12ClFN2O. The minimum atomic E-state index is -1.18. The molecule has 1 aromatic carbocycles. The lowest BCUT2D eigenvalue weighted by Crippen LogP contribution is -2.07. The molecular weight excluding hydrogens is 255 g/mol. The van der Waals surface area contributed by atoms with Crippen molar-refractivity contribution in [2.45, 2.75) is 13.0 Å². The molecule has 0 aliphatic heterocycles. The number of rotatable bonds is 2. The van der Waals surface area contributed by atoms with Crippen LogP contribution < -0.4 is 5.73 Å². The maximum absolute atomic E-state index is 13.7. The van der Waals surface area contributed by atoms with Crippen molar-refractivity contribution in [3.05, 3.63) is 58.0 Å². The number of aryl methyl sites for hydroxylation is 1. The summed E-state index contributed by atoms with van der Waals surface area (Å²) in [5.41, 5.74) is 6.98. The molecule has 0 saturated heterocycles. The molecule has 2 rings (SSSR count). The second-order valence-electron chi connectivity index (χ2n) is 4.06. The number of halogens is 2. The van der Waals surface area contributed by atoms with E-state index in [0.29, 0.717) is 10.6 Å². The van der Waals surface area contributed by atoms with Gasteiger partial charge in [-0.05, 0) is 36.8 Å². The van der Waals surface area contributed by atoms with E-state index in [-0.39, 0.29) is 11.4 Å². The van der Waals surface area contributed by atoms with Gasteiger partial charge in [-0.25, -0.2) is 9.37 Å². The van der Waals surface area contributed by atoms with Gasteiger partial charge in [-0.3, -0.25) is 0 Å². The largest absolute Gasteiger partial charge is 0.383 e. The number of nitrogens with two attached hydrogens (primary N) is 1. The number of aliphatic hydroxyl groups excluding tert-OH is 1. The van der Waals surface area contributed by atoms with Crippen molar-refractivity contribution in [3.63, 3.8) is 0 Å². The van der Waals surface area contributed by atoms with Crippen LogP contribution in [0.4, 0.5) is 10.2 Å². The van der Waals surface area contributed by atoms with Crippen molar-refractivity contribution in [2.75, 3.05) is 5.73 Å². The Hall–Kier alpha value is -1.65. The average Bonchev–Trinajstić information content (AvgIpc) is 2.34. The van der Waals surface area contributed by atoms with Crippen LogP contribution in [0.5, 0.6) is 0 Å². The van der Waals surface area contributed by atoms with Gasteiger partial charge in [0.25, 0.3) is 0 Å². The van der Waals surface area contributed by atoms with E-state index in [0.717, 1.165) is 5.56 Å². The van der Waals surface area contributed by atoms with E-state index in [4.69, 9.17) is 17.3 Å². The van der Waals surface area contributed by atoms with Crippen LogP contribution in [0.2, 0.25) is 5.02 Å². The van der Waals surface area contributed by atoms with Crippen molar-refractivity contribution in [2.24, 2.45) is 0 Å². The van der Waals surface area contributed by atoms with E-state index in [2.05, 4.69) is 4.98 Å². The van der Waals surface area contributed by atoms with E-state index in [1.807, 2.05) is 6.92 Å². The van der Waals surface area contributed by atoms with E-state index in [1.54, 1.807) is 12.3 Å². The second-order valence-corrected chi connectivity index (χ2v) is 4.49. The van der Waals surface area contributed by atoms with Gasteiger partial charge in [0.1, 0.15) is 17.7 Å². The van der Waals surface area contributed by atoms with Crippen molar-refractivity contribution in [3.8, 4) is 0 Å². The number of aromatic nitrogens is 1. The fourth-order valence-corrected chi connectivity index (χ4v) is 1.89.